The predicted octanol–water partition coefficient (Wildman–Crippen LogP) is 2.37. The second-order valence-corrected chi connectivity index (χ2v) is 6.89. The molecule has 1 saturated heterocycles. The van der Waals surface area contributed by atoms with Gasteiger partial charge in [0.15, 0.2) is 5.78 Å². The summed E-state index contributed by atoms with van der Waals surface area (Å²) in [5, 5.41) is 2.52. The molecular weight excluding hydrogens is 302 g/mol. The molecule has 24 heavy (non-hydrogen) atoms. The minimum Gasteiger partial charge on any atom is -0.296 e. The molecule has 2 aromatic rings. The van der Waals surface area contributed by atoms with Crippen molar-refractivity contribution in [3.05, 3.63) is 70.3 Å². The third-order valence-electron chi connectivity index (χ3n) is 5.79. The highest BCUT2D eigenvalue weighted by molar-refractivity contribution is 6.07. The average Bonchev–Trinajstić information content (AvgIpc) is 2.89. The molecule has 1 aliphatic heterocycles. The molecule has 0 radical (unpaired) electrons. The molecule has 0 saturated carbocycles. The van der Waals surface area contributed by atoms with Crippen molar-refractivity contribution >= 4 is 17.6 Å². The summed E-state index contributed by atoms with van der Waals surface area (Å²) < 4.78 is 0. The van der Waals surface area contributed by atoms with Gasteiger partial charge in [-0.2, -0.15) is 0 Å². The monoisotopic (exact) mass is 317 g/mol. The van der Waals surface area contributed by atoms with Crippen molar-refractivity contribution in [1.29, 1.82) is 0 Å². The Hall–Kier alpha value is -2.75. The van der Waals surface area contributed by atoms with Gasteiger partial charge in [-0.05, 0) is 35.2 Å². The van der Waals surface area contributed by atoms with Gasteiger partial charge in [0.2, 0.25) is 11.8 Å². The van der Waals surface area contributed by atoms with Gasteiger partial charge < -0.3 is 0 Å². The molecule has 2 amide bonds. The highest BCUT2D eigenvalue weighted by Crippen LogP contribution is 2.59. The maximum atomic E-state index is 12.4. The van der Waals surface area contributed by atoms with Gasteiger partial charge in [-0.15, -0.1) is 0 Å². The van der Waals surface area contributed by atoms with Crippen molar-refractivity contribution in [1.82, 2.24) is 5.32 Å². The minimum atomic E-state index is -0.368. The number of Topliss-reactive ketones (excluding diaryl/α,β-unsaturated/α-hetero) is 1. The third-order valence-corrected chi connectivity index (χ3v) is 5.79. The van der Waals surface area contributed by atoms with Crippen LogP contribution in [0.5, 0.6) is 0 Å². The standard InChI is InChI=1S/C20H15NO3/c1-9(22)10-6-7-13-14(8-10)16-12-5-3-2-4-11(12)15(13)17-18(16)20(24)21-19(17)23/h2-8,15-18H,1H3,(H,21,23,24). The molecular formula is C20H15NO3. The first-order chi connectivity index (χ1) is 11.6. The Morgan fingerprint density at radius 2 is 1.38 bits per heavy atom. The highest BCUT2D eigenvalue weighted by Gasteiger charge is 2.58. The van der Waals surface area contributed by atoms with E-state index in [1.54, 1.807) is 6.92 Å². The number of imide groups is 1. The lowest BCUT2D eigenvalue weighted by atomic mass is 9.55. The Kier molecular flexibility index (Phi) is 2.51. The largest absolute Gasteiger partial charge is 0.296 e. The van der Waals surface area contributed by atoms with Crippen LogP contribution in [0, 0.1) is 11.8 Å². The van der Waals surface area contributed by atoms with Gasteiger partial charge in [-0.3, -0.25) is 19.7 Å². The maximum absolute atomic E-state index is 12.4. The lowest BCUT2D eigenvalue weighted by molar-refractivity contribution is -0.126. The van der Waals surface area contributed by atoms with Crippen LogP contribution in [-0.2, 0) is 9.59 Å². The van der Waals surface area contributed by atoms with Crippen LogP contribution < -0.4 is 5.32 Å². The normalized spacial score (nSPS) is 28.9. The number of benzene rings is 2. The van der Waals surface area contributed by atoms with Gasteiger partial charge in [-0.25, -0.2) is 0 Å². The molecule has 4 unspecified atom stereocenters. The first kappa shape index (κ1) is 13.7. The molecule has 2 aromatic carbocycles. The van der Waals surface area contributed by atoms with E-state index in [9.17, 15) is 14.4 Å². The van der Waals surface area contributed by atoms with Gasteiger partial charge >= 0.3 is 0 Å². The van der Waals surface area contributed by atoms with Crippen molar-refractivity contribution < 1.29 is 14.4 Å². The number of carbonyl (C=O) groups excluding carboxylic acids is 3. The molecule has 1 heterocycles. The molecule has 4 atom stereocenters. The van der Waals surface area contributed by atoms with Crippen LogP contribution in [0.1, 0.15) is 51.4 Å². The first-order valence-electron chi connectivity index (χ1n) is 8.16. The Labute approximate surface area is 138 Å². The smallest absolute Gasteiger partial charge is 0.231 e. The van der Waals surface area contributed by atoms with Gasteiger partial charge in [0.05, 0.1) is 11.8 Å². The van der Waals surface area contributed by atoms with Crippen molar-refractivity contribution in [2.45, 2.75) is 18.8 Å². The molecule has 4 nitrogen and oxygen atoms in total. The van der Waals surface area contributed by atoms with Gasteiger partial charge in [0.25, 0.3) is 0 Å². The molecule has 118 valence electrons. The van der Waals surface area contributed by atoms with E-state index >= 15 is 0 Å². The van der Waals surface area contributed by atoms with E-state index in [1.807, 2.05) is 36.4 Å². The van der Waals surface area contributed by atoms with Crippen molar-refractivity contribution in [3.8, 4) is 0 Å². The minimum absolute atomic E-state index is 0.0102. The van der Waals surface area contributed by atoms with Crippen LogP contribution >= 0.6 is 0 Å². The second-order valence-electron chi connectivity index (χ2n) is 6.89. The molecule has 1 fully saturated rings. The number of rotatable bonds is 1. The highest BCUT2D eigenvalue weighted by atomic mass is 16.2. The summed E-state index contributed by atoms with van der Waals surface area (Å²) in [6.45, 7) is 1.55. The Bertz CT molecular complexity index is 946. The molecule has 4 aliphatic rings. The third kappa shape index (κ3) is 1.51. The van der Waals surface area contributed by atoms with Crippen LogP contribution in [0.2, 0.25) is 0 Å². The lowest BCUT2D eigenvalue weighted by Gasteiger charge is -2.46. The van der Waals surface area contributed by atoms with E-state index in [2.05, 4.69) is 11.4 Å². The van der Waals surface area contributed by atoms with E-state index in [0.29, 0.717) is 5.56 Å². The fourth-order valence-electron chi connectivity index (χ4n) is 4.86. The number of ketones is 1. The fourth-order valence-corrected chi connectivity index (χ4v) is 4.86. The molecule has 2 bridgehead atoms. The van der Waals surface area contributed by atoms with Crippen molar-refractivity contribution in [2.24, 2.45) is 11.8 Å². The topological polar surface area (TPSA) is 63.2 Å². The zero-order valence-electron chi connectivity index (χ0n) is 13.1. The van der Waals surface area contributed by atoms with Crippen molar-refractivity contribution in [3.63, 3.8) is 0 Å². The SMILES string of the molecule is CC(=O)c1ccc2c(c1)C1c3ccccc3C2C2C(=O)NC(=O)C12. The van der Waals surface area contributed by atoms with Crippen LogP contribution in [0.4, 0.5) is 0 Å². The van der Waals surface area contributed by atoms with Crippen LogP contribution in [-0.4, -0.2) is 17.6 Å². The Balaban J connectivity index is 1.83. The van der Waals surface area contributed by atoms with Gasteiger partial charge in [0.1, 0.15) is 0 Å². The summed E-state index contributed by atoms with van der Waals surface area (Å²) in [5.74, 6) is -1.32. The number of carbonyl (C=O) groups is 3. The Morgan fingerprint density at radius 1 is 0.833 bits per heavy atom. The van der Waals surface area contributed by atoms with Crippen LogP contribution in [0.25, 0.3) is 0 Å². The zero-order valence-corrected chi connectivity index (χ0v) is 13.1. The molecule has 6 rings (SSSR count). The van der Waals surface area contributed by atoms with E-state index < -0.39 is 0 Å². The fraction of sp³-hybridized carbons (Fsp3) is 0.250. The van der Waals surface area contributed by atoms with E-state index in [-0.39, 0.29) is 41.3 Å². The molecule has 3 aliphatic carbocycles. The van der Waals surface area contributed by atoms with Crippen molar-refractivity contribution in [2.75, 3.05) is 0 Å². The summed E-state index contributed by atoms with van der Waals surface area (Å²) in [6, 6.07) is 13.8. The van der Waals surface area contributed by atoms with Gasteiger partial charge in [0, 0.05) is 17.4 Å². The zero-order chi connectivity index (χ0) is 16.6. The van der Waals surface area contributed by atoms with Crippen LogP contribution in [0.15, 0.2) is 42.5 Å². The predicted molar refractivity (Wildman–Crippen MR) is 86.7 cm³/mol. The second kappa shape index (κ2) is 4.41. The Morgan fingerprint density at radius 3 is 1.96 bits per heavy atom. The summed E-state index contributed by atoms with van der Waals surface area (Å²) in [6.07, 6.45) is 0. The molecule has 0 spiro atoms. The quantitative estimate of drug-likeness (QED) is 0.649. The maximum Gasteiger partial charge on any atom is 0.231 e. The first-order valence-corrected chi connectivity index (χ1v) is 8.16. The van der Waals surface area contributed by atoms with Crippen LogP contribution in [0.3, 0.4) is 0 Å². The number of nitrogens with one attached hydrogen (secondary N) is 1. The average molecular weight is 317 g/mol. The van der Waals surface area contributed by atoms with E-state index in [1.165, 1.54) is 0 Å². The van der Waals surface area contributed by atoms with E-state index in [0.717, 1.165) is 22.3 Å². The summed E-state index contributed by atoms with van der Waals surface area (Å²) in [5.41, 5.74) is 5.01. The summed E-state index contributed by atoms with van der Waals surface area (Å²) >= 11 is 0. The van der Waals surface area contributed by atoms with Gasteiger partial charge in [-0.1, -0.05) is 36.4 Å². The molecule has 0 aromatic heterocycles. The number of amides is 2. The number of hydrogen-bond acceptors (Lipinski definition) is 3. The lowest BCUT2D eigenvalue weighted by Crippen LogP contribution is -2.41. The summed E-state index contributed by atoms with van der Waals surface area (Å²) in [7, 11) is 0. The van der Waals surface area contributed by atoms with E-state index in [4.69, 9.17) is 0 Å². The molecule has 1 N–H and O–H groups in total. The summed E-state index contributed by atoms with van der Waals surface area (Å²) in [4.78, 5) is 36.7. The molecule has 4 heteroatoms. The number of hydrogen-bond donors (Lipinski definition) is 1.